The molecular formula is C15H19ClN2O3. The lowest BCUT2D eigenvalue weighted by molar-refractivity contribution is -0.146. The fourth-order valence-corrected chi connectivity index (χ4v) is 2.82. The molecule has 1 aliphatic rings. The highest BCUT2D eigenvalue weighted by Gasteiger charge is 2.34. The lowest BCUT2D eigenvalue weighted by atomic mass is 10.00. The molecule has 1 aromatic rings. The normalized spacial score (nSPS) is 20.8. The van der Waals surface area contributed by atoms with Crippen LogP contribution in [0.1, 0.15) is 26.2 Å². The zero-order valence-electron chi connectivity index (χ0n) is 11.9. The molecular weight excluding hydrogens is 292 g/mol. The molecule has 2 atom stereocenters. The number of carboxylic acid groups (broad SMARTS) is 1. The second kappa shape index (κ2) is 6.91. The zero-order valence-corrected chi connectivity index (χ0v) is 12.6. The lowest BCUT2D eigenvalue weighted by Gasteiger charge is -2.36. The van der Waals surface area contributed by atoms with Crippen LogP contribution in [0.25, 0.3) is 0 Å². The van der Waals surface area contributed by atoms with Crippen molar-refractivity contribution >= 4 is 29.2 Å². The molecule has 2 rings (SSSR count). The van der Waals surface area contributed by atoms with Crippen molar-refractivity contribution in [2.45, 2.75) is 38.3 Å². The molecule has 1 fully saturated rings. The molecule has 5 nitrogen and oxygen atoms in total. The van der Waals surface area contributed by atoms with E-state index in [1.807, 2.05) is 0 Å². The summed E-state index contributed by atoms with van der Waals surface area (Å²) in [6.07, 6.45) is 2.37. The van der Waals surface area contributed by atoms with Crippen LogP contribution in [0.4, 0.5) is 5.69 Å². The van der Waals surface area contributed by atoms with Gasteiger partial charge in [0.25, 0.3) is 0 Å². The summed E-state index contributed by atoms with van der Waals surface area (Å²) in [5, 5.41) is 12.5. The first-order valence-electron chi connectivity index (χ1n) is 7.04. The first-order valence-corrected chi connectivity index (χ1v) is 7.42. The number of nitrogens with one attached hydrogen (secondary N) is 1. The number of carboxylic acids is 1. The third-order valence-electron chi connectivity index (χ3n) is 3.84. The third-order valence-corrected chi connectivity index (χ3v) is 4.17. The molecule has 1 saturated heterocycles. The van der Waals surface area contributed by atoms with Crippen LogP contribution in [-0.4, -0.2) is 40.5 Å². The maximum Gasteiger partial charge on any atom is 0.320 e. The van der Waals surface area contributed by atoms with Gasteiger partial charge in [0.2, 0.25) is 5.91 Å². The molecule has 1 amide bonds. The lowest BCUT2D eigenvalue weighted by Crippen LogP contribution is -2.53. The van der Waals surface area contributed by atoms with Crippen LogP contribution in [0.3, 0.4) is 0 Å². The van der Waals surface area contributed by atoms with E-state index in [1.54, 1.807) is 36.1 Å². The Balaban J connectivity index is 2.07. The molecule has 0 radical (unpaired) electrons. The highest BCUT2D eigenvalue weighted by molar-refractivity contribution is 6.33. The number of aliphatic carboxylic acids is 1. The van der Waals surface area contributed by atoms with Crippen molar-refractivity contribution in [2.24, 2.45) is 0 Å². The van der Waals surface area contributed by atoms with Gasteiger partial charge in [-0.1, -0.05) is 30.2 Å². The van der Waals surface area contributed by atoms with Crippen molar-refractivity contribution in [1.82, 2.24) is 4.90 Å². The number of hydrogen-bond acceptors (Lipinski definition) is 3. The van der Waals surface area contributed by atoms with Crippen LogP contribution in [0.5, 0.6) is 0 Å². The molecule has 1 heterocycles. The molecule has 2 unspecified atom stereocenters. The van der Waals surface area contributed by atoms with Gasteiger partial charge >= 0.3 is 5.97 Å². The van der Waals surface area contributed by atoms with E-state index < -0.39 is 18.1 Å². The number of halogens is 1. The Bertz CT molecular complexity index is 535. The number of nitrogens with zero attached hydrogens (tertiary/aromatic N) is 1. The van der Waals surface area contributed by atoms with E-state index in [2.05, 4.69) is 5.32 Å². The topological polar surface area (TPSA) is 69.6 Å². The van der Waals surface area contributed by atoms with Crippen LogP contribution in [0.15, 0.2) is 24.3 Å². The summed E-state index contributed by atoms with van der Waals surface area (Å²) in [6.45, 7) is 2.35. The predicted molar refractivity (Wildman–Crippen MR) is 81.5 cm³/mol. The monoisotopic (exact) mass is 310 g/mol. The Kier molecular flexibility index (Phi) is 5.20. The number of likely N-dealkylation sites (tertiary alicyclic amines) is 1. The second-order valence-electron chi connectivity index (χ2n) is 5.23. The summed E-state index contributed by atoms with van der Waals surface area (Å²) >= 11 is 6.02. The number of piperidine rings is 1. The van der Waals surface area contributed by atoms with Gasteiger partial charge in [-0.3, -0.25) is 14.5 Å². The largest absolute Gasteiger partial charge is 0.480 e. The highest BCUT2D eigenvalue weighted by Crippen LogP contribution is 2.23. The van der Waals surface area contributed by atoms with Crippen LogP contribution in [0.2, 0.25) is 5.02 Å². The number of carbonyl (C=O) groups is 2. The van der Waals surface area contributed by atoms with E-state index in [1.165, 1.54) is 0 Å². The summed E-state index contributed by atoms with van der Waals surface area (Å²) < 4.78 is 0. The third kappa shape index (κ3) is 3.74. The van der Waals surface area contributed by atoms with Crippen molar-refractivity contribution in [2.75, 3.05) is 11.9 Å². The minimum absolute atomic E-state index is 0.240. The quantitative estimate of drug-likeness (QED) is 0.897. The van der Waals surface area contributed by atoms with Gasteiger partial charge in [0.15, 0.2) is 0 Å². The number of hydrogen-bond donors (Lipinski definition) is 2. The fraction of sp³-hybridized carbons (Fsp3) is 0.467. The van der Waals surface area contributed by atoms with Gasteiger partial charge in [-0.2, -0.15) is 0 Å². The molecule has 0 bridgehead atoms. The average Bonchev–Trinajstić information content (AvgIpc) is 2.48. The molecule has 1 aliphatic heterocycles. The first-order chi connectivity index (χ1) is 10.0. The Morgan fingerprint density at radius 3 is 2.76 bits per heavy atom. The fourth-order valence-electron chi connectivity index (χ4n) is 2.63. The van der Waals surface area contributed by atoms with Crippen LogP contribution in [0, 0.1) is 0 Å². The SMILES string of the molecule is CC(C(=O)Nc1ccccc1Cl)N1CCCCC1C(=O)O. The molecule has 1 aromatic carbocycles. The number of amides is 1. The number of para-hydroxylation sites is 1. The smallest absolute Gasteiger partial charge is 0.320 e. The summed E-state index contributed by atoms with van der Waals surface area (Å²) in [7, 11) is 0. The maximum absolute atomic E-state index is 12.3. The average molecular weight is 311 g/mol. The molecule has 2 N–H and O–H groups in total. The molecule has 0 saturated carbocycles. The molecule has 0 spiro atoms. The minimum Gasteiger partial charge on any atom is -0.480 e. The zero-order chi connectivity index (χ0) is 15.4. The molecule has 114 valence electrons. The second-order valence-corrected chi connectivity index (χ2v) is 5.64. The van der Waals surface area contributed by atoms with Gasteiger partial charge in [0, 0.05) is 0 Å². The first kappa shape index (κ1) is 15.8. The molecule has 0 aliphatic carbocycles. The van der Waals surface area contributed by atoms with Crippen molar-refractivity contribution in [1.29, 1.82) is 0 Å². The van der Waals surface area contributed by atoms with Crippen molar-refractivity contribution < 1.29 is 14.7 Å². The molecule has 0 aromatic heterocycles. The number of carbonyl (C=O) groups excluding carboxylic acids is 1. The van der Waals surface area contributed by atoms with E-state index in [9.17, 15) is 14.7 Å². The standard InChI is InChI=1S/C15H19ClN2O3/c1-10(18-9-5-4-8-13(18)15(20)21)14(19)17-12-7-3-2-6-11(12)16/h2-3,6-7,10,13H,4-5,8-9H2,1H3,(H,17,19)(H,20,21). The summed E-state index contributed by atoms with van der Waals surface area (Å²) in [4.78, 5) is 25.4. The van der Waals surface area contributed by atoms with E-state index in [4.69, 9.17) is 11.6 Å². The van der Waals surface area contributed by atoms with Crippen molar-refractivity contribution in [3.05, 3.63) is 29.3 Å². The Labute approximate surface area is 128 Å². The van der Waals surface area contributed by atoms with E-state index in [0.717, 1.165) is 12.8 Å². The minimum atomic E-state index is -0.868. The van der Waals surface area contributed by atoms with E-state index in [-0.39, 0.29) is 5.91 Å². The predicted octanol–water partition coefficient (Wildman–Crippen LogP) is 2.61. The summed E-state index contributed by atoms with van der Waals surface area (Å²) in [6, 6.07) is 5.88. The van der Waals surface area contributed by atoms with Gasteiger partial charge in [0.05, 0.1) is 16.8 Å². The van der Waals surface area contributed by atoms with E-state index in [0.29, 0.717) is 23.7 Å². The Morgan fingerprint density at radius 2 is 2.10 bits per heavy atom. The Hall–Kier alpha value is -1.59. The summed E-state index contributed by atoms with van der Waals surface area (Å²) in [5.74, 6) is -1.11. The van der Waals surface area contributed by atoms with Crippen molar-refractivity contribution in [3.8, 4) is 0 Å². The molecule has 21 heavy (non-hydrogen) atoms. The van der Waals surface area contributed by atoms with Gasteiger partial charge in [-0.05, 0) is 38.4 Å². The van der Waals surface area contributed by atoms with Crippen LogP contribution < -0.4 is 5.32 Å². The number of anilines is 1. The Morgan fingerprint density at radius 1 is 1.38 bits per heavy atom. The number of benzene rings is 1. The van der Waals surface area contributed by atoms with Gasteiger partial charge in [-0.15, -0.1) is 0 Å². The number of rotatable bonds is 4. The van der Waals surface area contributed by atoms with Crippen molar-refractivity contribution in [3.63, 3.8) is 0 Å². The van der Waals surface area contributed by atoms with Crippen LogP contribution in [-0.2, 0) is 9.59 Å². The van der Waals surface area contributed by atoms with Crippen LogP contribution >= 0.6 is 11.6 Å². The van der Waals surface area contributed by atoms with E-state index >= 15 is 0 Å². The van der Waals surface area contributed by atoms with Gasteiger partial charge < -0.3 is 10.4 Å². The summed E-state index contributed by atoms with van der Waals surface area (Å²) in [5.41, 5.74) is 0.542. The van der Waals surface area contributed by atoms with Gasteiger partial charge in [0.1, 0.15) is 6.04 Å². The van der Waals surface area contributed by atoms with Gasteiger partial charge in [-0.25, -0.2) is 0 Å². The maximum atomic E-state index is 12.3. The highest BCUT2D eigenvalue weighted by atomic mass is 35.5. The molecule has 6 heteroatoms.